The van der Waals surface area contributed by atoms with Gasteiger partial charge in [-0.3, -0.25) is 14.4 Å². The Hall–Kier alpha value is -0.630. The quantitative estimate of drug-likeness (QED) is 0.0304. The van der Waals surface area contributed by atoms with Crippen molar-refractivity contribution in [3.8, 4) is 0 Å². The molecule has 0 spiro atoms. The molecule has 20 heteroatoms. The van der Waals surface area contributed by atoms with E-state index in [1.165, 1.54) is 0 Å². The van der Waals surface area contributed by atoms with Gasteiger partial charge in [0.05, 0.1) is 50.7 Å². The molecule has 42 heavy (non-hydrogen) atoms. The summed E-state index contributed by atoms with van der Waals surface area (Å²) < 4.78 is 22.2. The van der Waals surface area contributed by atoms with Gasteiger partial charge in [0.1, 0.15) is 0 Å². The molecule has 15 N–H and O–H groups in total. The van der Waals surface area contributed by atoms with E-state index in [0.29, 0.717) is 6.42 Å². The van der Waals surface area contributed by atoms with Crippen LogP contribution in [0, 0.1) is 0 Å². The average Bonchev–Trinajstić information content (AvgIpc) is 2.96. The summed E-state index contributed by atoms with van der Waals surface area (Å²) in [6.07, 6.45) is 10.3. The standard InChI is InChI=1S/C14H27N3O6P2S.2C4H11NO3/c18-24(19,20)14(25(21,22)23)17-9-6-4-2-1-3-5-7-12-26-13-15-10-8-11-16-13;2*5-4(1-6,2-7)3-8/h8,10-11,14,17H,1-7,9,12H2,(H2,18,19,20)(H2,21,22,23);2*6-8H,1-3,5H2. The van der Waals surface area contributed by atoms with Crippen LogP contribution in [0.5, 0.6) is 0 Å². The molecule has 1 aromatic heterocycles. The van der Waals surface area contributed by atoms with Gasteiger partial charge in [0, 0.05) is 18.1 Å². The number of unbranched alkanes of at least 4 members (excludes halogenated alkanes) is 6. The molecule has 0 aliphatic carbocycles. The lowest BCUT2D eigenvalue weighted by atomic mass is 10.1. The lowest BCUT2D eigenvalue weighted by Gasteiger charge is -2.20. The number of nitrogens with one attached hydrogen (secondary N) is 1. The van der Waals surface area contributed by atoms with Gasteiger partial charge >= 0.3 is 15.2 Å². The zero-order valence-corrected chi connectivity index (χ0v) is 26.2. The molecule has 0 aliphatic rings. The largest absolute Gasteiger partial charge is 0.394 e. The summed E-state index contributed by atoms with van der Waals surface area (Å²) in [5.41, 5.74) is 5.76. The number of nitrogens with two attached hydrogens (primary N) is 2. The molecule has 0 aliphatic heterocycles. The molecule has 0 saturated heterocycles. The zero-order valence-electron chi connectivity index (χ0n) is 23.6. The van der Waals surface area contributed by atoms with Crippen molar-refractivity contribution in [1.29, 1.82) is 0 Å². The number of thioether (sulfide) groups is 1. The zero-order chi connectivity index (χ0) is 32.7. The Labute approximate surface area is 250 Å². The van der Waals surface area contributed by atoms with E-state index < -0.39 is 71.4 Å². The van der Waals surface area contributed by atoms with Crippen LogP contribution in [0.15, 0.2) is 23.6 Å². The van der Waals surface area contributed by atoms with E-state index in [1.54, 1.807) is 30.2 Å². The van der Waals surface area contributed by atoms with E-state index in [2.05, 4.69) is 15.3 Å². The fourth-order valence-corrected chi connectivity index (χ4v) is 5.70. The van der Waals surface area contributed by atoms with Gasteiger partial charge in [-0.05, 0) is 25.5 Å². The van der Waals surface area contributed by atoms with E-state index in [9.17, 15) is 9.13 Å². The monoisotopic (exact) mass is 669 g/mol. The average molecular weight is 670 g/mol. The lowest BCUT2D eigenvalue weighted by molar-refractivity contribution is 0.0695. The first-order chi connectivity index (χ1) is 19.6. The molecule has 0 bridgehead atoms. The molecule has 0 unspecified atom stereocenters. The molecule has 1 heterocycles. The highest BCUT2D eigenvalue weighted by Crippen LogP contribution is 2.58. The molecule has 17 nitrogen and oxygen atoms in total. The number of rotatable bonds is 20. The van der Waals surface area contributed by atoms with E-state index >= 15 is 0 Å². The van der Waals surface area contributed by atoms with E-state index in [-0.39, 0.29) is 6.54 Å². The van der Waals surface area contributed by atoms with Gasteiger partial charge in [-0.25, -0.2) is 9.97 Å². The Bertz CT molecular complexity index is 820. The molecule has 0 saturated carbocycles. The molecule has 0 atom stereocenters. The SMILES string of the molecule is NC(CO)(CO)CO.NC(CO)(CO)CO.O=P(O)(O)C(NCCCCCCCCCSc1ncccn1)P(=O)(O)O. The van der Waals surface area contributed by atoms with Crippen LogP contribution in [-0.4, -0.2) is 129 Å². The highest BCUT2D eigenvalue weighted by molar-refractivity contribution is 7.99. The van der Waals surface area contributed by atoms with E-state index in [0.717, 1.165) is 49.4 Å². The van der Waals surface area contributed by atoms with Crippen LogP contribution in [0.2, 0.25) is 0 Å². The predicted molar refractivity (Wildman–Crippen MR) is 157 cm³/mol. The van der Waals surface area contributed by atoms with Crippen LogP contribution >= 0.6 is 27.0 Å². The number of nitrogens with zero attached hydrogens (tertiary/aromatic N) is 2. The Morgan fingerprint density at radius 2 is 1.05 bits per heavy atom. The lowest BCUT2D eigenvalue weighted by Crippen LogP contribution is -2.50. The molecule has 1 rings (SSSR count). The second-order valence-electron chi connectivity index (χ2n) is 9.53. The molecule has 0 radical (unpaired) electrons. The van der Waals surface area contributed by atoms with Crippen molar-refractivity contribution in [3.63, 3.8) is 0 Å². The maximum absolute atomic E-state index is 11.1. The van der Waals surface area contributed by atoms with E-state index in [4.69, 9.17) is 61.7 Å². The Balaban J connectivity index is 0. The summed E-state index contributed by atoms with van der Waals surface area (Å²) in [5.74, 6) is 0.986. The normalized spacial score (nSPS) is 12.4. The number of aromatic nitrogens is 2. The van der Waals surface area contributed by atoms with Gasteiger partial charge in [0.2, 0.25) is 5.52 Å². The number of hydrogen-bond donors (Lipinski definition) is 13. The van der Waals surface area contributed by atoms with Crippen LogP contribution in [-0.2, 0) is 9.13 Å². The van der Waals surface area contributed by atoms with Crippen molar-refractivity contribution in [1.82, 2.24) is 15.3 Å². The fourth-order valence-electron chi connectivity index (χ4n) is 2.60. The summed E-state index contributed by atoms with van der Waals surface area (Å²) in [7, 11) is -9.76. The van der Waals surface area contributed by atoms with E-state index in [1.807, 2.05) is 0 Å². The van der Waals surface area contributed by atoms with Gasteiger partial charge < -0.3 is 61.7 Å². The molecule has 1 aromatic rings. The first-order valence-electron chi connectivity index (χ1n) is 13.0. The maximum atomic E-state index is 11.1. The van der Waals surface area contributed by atoms with Gasteiger partial charge in [0.15, 0.2) is 5.16 Å². The first kappa shape index (κ1) is 43.5. The van der Waals surface area contributed by atoms with Crippen molar-refractivity contribution in [2.75, 3.05) is 51.9 Å². The van der Waals surface area contributed by atoms with Crippen molar-refractivity contribution < 1.29 is 59.3 Å². The smallest absolute Gasteiger partial charge is 0.354 e. The number of aliphatic hydroxyl groups is 6. The third-order valence-electron chi connectivity index (χ3n) is 5.45. The second kappa shape index (κ2) is 23.7. The summed E-state index contributed by atoms with van der Waals surface area (Å²) in [4.78, 5) is 44.2. The third kappa shape index (κ3) is 22.0. The predicted octanol–water partition coefficient (Wildman–Crippen LogP) is -2.15. The van der Waals surface area contributed by atoms with Crippen molar-refractivity contribution in [2.24, 2.45) is 11.5 Å². The maximum Gasteiger partial charge on any atom is 0.354 e. The summed E-state index contributed by atoms with van der Waals surface area (Å²) in [6.45, 7) is -2.26. The Morgan fingerprint density at radius 1 is 0.690 bits per heavy atom. The molecule has 0 aromatic carbocycles. The minimum atomic E-state index is -4.88. The van der Waals surface area contributed by atoms with Crippen LogP contribution in [0.3, 0.4) is 0 Å². The molecular weight excluding hydrogens is 620 g/mol. The van der Waals surface area contributed by atoms with Crippen LogP contribution in [0.25, 0.3) is 0 Å². The van der Waals surface area contributed by atoms with Crippen LogP contribution < -0.4 is 16.8 Å². The molecule has 0 amide bonds. The first-order valence-corrected chi connectivity index (χ1v) is 17.4. The van der Waals surface area contributed by atoms with Crippen LogP contribution in [0.1, 0.15) is 44.9 Å². The highest BCUT2D eigenvalue weighted by atomic mass is 32.2. The van der Waals surface area contributed by atoms with Crippen molar-refractivity contribution in [3.05, 3.63) is 18.5 Å². The van der Waals surface area contributed by atoms with Gasteiger partial charge in [0.25, 0.3) is 0 Å². The summed E-state index contributed by atoms with van der Waals surface area (Å²) >= 11 is 1.64. The highest BCUT2D eigenvalue weighted by Gasteiger charge is 2.42. The number of hydrogen-bond acceptors (Lipinski definition) is 14. The summed E-state index contributed by atoms with van der Waals surface area (Å²) in [6, 6.07) is 1.79. The summed E-state index contributed by atoms with van der Waals surface area (Å²) in [5, 5.41) is 53.1. The second-order valence-corrected chi connectivity index (χ2v) is 14.4. The van der Waals surface area contributed by atoms with Crippen molar-refractivity contribution in [2.45, 2.75) is 66.7 Å². The fraction of sp³-hybridized carbons (Fsp3) is 0.818. The minimum absolute atomic E-state index is 0.161. The molecule has 0 fully saturated rings. The van der Waals surface area contributed by atoms with Gasteiger partial charge in [-0.15, -0.1) is 0 Å². The molecular formula is C22H49N5O12P2S. The van der Waals surface area contributed by atoms with Gasteiger partial charge in [-0.2, -0.15) is 0 Å². The third-order valence-corrected chi connectivity index (χ3v) is 9.85. The topological polar surface area (TPSA) is 326 Å². The number of aliphatic hydroxyl groups excluding tert-OH is 6. The Morgan fingerprint density at radius 3 is 1.38 bits per heavy atom. The Kier molecular flexibility index (Phi) is 24.6. The van der Waals surface area contributed by atoms with Gasteiger partial charge in [-0.1, -0.05) is 43.9 Å². The minimum Gasteiger partial charge on any atom is -0.394 e. The van der Waals surface area contributed by atoms with Crippen LogP contribution in [0.4, 0.5) is 0 Å². The van der Waals surface area contributed by atoms with Crippen molar-refractivity contribution >= 4 is 27.0 Å². The molecule has 250 valence electrons.